The maximum absolute atomic E-state index is 11.4. The first kappa shape index (κ1) is 24.9. The third-order valence-corrected chi connectivity index (χ3v) is 4.22. The Balaban J connectivity index is 0. The maximum atomic E-state index is 11.4. The summed E-state index contributed by atoms with van der Waals surface area (Å²) in [6.07, 6.45) is 0. The quantitative estimate of drug-likeness (QED) is 0.408. The van der Waals surface area contributed by atoms with E-state index in [2.05, 4.69) is 11.3 Å². The van der Waals surface area contributed by atoms with Crippen LogP contribution in [0, 0.1) is 0 Å². The number of sulfonamides is 2. The number of nitrogens with zero attached hydrogens (tertiary/aromatic N) is 1. The average molecular weight is 409 g/mol. The topological polar surface area (TPSA) is 135 Å². The van der Waals surface area contributed by atoms with E-state index in [1.165, 1.54) is 0 Å². The first-order valence-corrected chi connectivity index (χ1v) is 8.16. The minimum atomic E-state index is -6.72. The molecular weight excluding hydrogens is 398 g/mol. The van der Waals surface area contributed by atoms with Crippen LogP contribution >= 0.6 is 0 Å². The SMILES string of the molecule is C=C(C)C(=O)OCCN.O=S(=O)([N-]S(=O)(=O)C(F)(F)F)C(F)(F)F. The lowest BCUT2D eigenvalue weighted by molar-refractivity contribution is -0.138. The van der Waals surface area contributed by atoms with Gasteiger partial charge in [-0.15, -0.1) is 0 Å². The van der Waals surface area contributed by atoms with E-state index in [9.17, 15) is 48.0 Å². The molecule has 24 heavy (non-hydrogen) atoms. The summed E-state index contributed by atoms with van der Waals surface area (Å²) in [7, 11) is -13.4. The van der Waals surface area contributed by atoms with E-state index in [-0.39, 0.29) is 12.6 Å². The highest BCUT2D eigenvalue weighted by Crippen LogP contribution is 2.36. The molecule has 0 fully saturated rings. The van der Waals surface area contributed by atoms with Gasteiger partial charge >= 0.3 is 17.0 Å². The van der Waals surface area contributed by atoms with Crippen LogP contribution < -0.4 is 5.73 Å². The number of esters is 1. The Bertz CT molecular complexity index is 610. The summed E-state index contributed by atoms with van der Waals surface area (Å²) in [6, 6.07) is 0. The van der Waals surface area contributed by atoms with Crippen molar-refractivity contribution in [3.63, 3.8) is 0 Å². The van der Waals surface area contributed by atoms with Crippen molar-refractivity contribution in [2.75, 3.05) is 13.2 Å². The highest BCUT2D eigenvalue weighted by Gasteiger charge is 2.46. The lowest BCUT2D eigenvalue weighted by atomic mass is 10.4. The third kappa shape index (κ3) is 8.46. The predicted molar refractivity (Wildman–Crippen MR) is 68.1 cm³/mol. The number of nitrogens with two attached hydrogens (primary N) is 1. The zero-order valence-electron chi connectivity index (χ0n) is 11.7. The van der Waals surface area contributed by atoms with Gasteiger partial charge in [0.15, 0.2) is 20.0 Å². The van der Waals surface area contributed by atoms with E-state index in [4.69, 9.17) is 5.73 Å². The summed E-state index contributed by atoms with van der Waals surface area (Å²) in [5.74, 6) is -0.375. The van der Waals surface area contributed by atoms with Gasteiger partial charge in [0.05, 0.1) is 0 Å². The number of rotatable bonds is 5. The zero-order chi connectivity index (χ0) is 20.0. The van der Waals surface area contributed by atoms with Crippen molar-refractivity contribution in [3.8, 4) is 0 Å². The van der Waals surface area contributed by atoms with Crippen LogP contribution in [0.5, 0.6) is 0 Å². The molecule has 144 valence electrons. The molecule has 0 heterocycles. The summed E-state index contributed by atoms with van der Waals surface area (Å²) in [5, 5.41) is 0. The fraction of sp³-hybridized carbons (Fsp3) is 0.625. The van der Waals surface area contributed by atoms with E-state index in [0.717, 1.165) is 4.13 Å². The Labute approximate surface area is 132 Å². The average Bonchev–Trinajstić information content (AvgIpc) is 2.32. The van der Waals surface area contributed by atoms with E-state index in [1.807, 2.05) is 0 Å². The molecule has 0 saturated heterocycles. The van der Waals surface area contributed by atoms with E-state index < -0.39 is 31.1 Å². The second-order valence-electron chi connectivity index (χ2n) is 3.62. The van der Waals surface area contributed by atoms with Gasteiger partial charge < -0.3 is 14.6 Å². The number of carbonyl (C=O) groups excluding carboxylic acids is 1. The molecule has 0 aliphatic heterocycles. The zero-order valence-corrected chi connectivity index (χ0v) is 13.3. The molecule has 0 saturated carbocycles. The molecule has 0 rings (SSSR count). The molecule has 16 heteroatoms. The first-order valence-electron chi connectivity index (χ1n) is 5.28. The van der Waals surface area contributed by atoms with Gasteiger partial charge in [-0.05, 0) is 6.92 Å². The fourth-order valence-electron chi connectivity index (χ4n) is 0.489. The van der Waals surface area contributed by atoms with Crippen molar-refractivity contribution in [1.82, 2.24) is 0 Å². The Hall–Kier alpha value is -1.39. The number of ether oxygens (including phenoxy) is 1. The molecule has 0 spiro atoms. The van der Waals surface area contributed by atoms with Crippen molar-refractivity contribution in [2.45, 2.75) is 17.9 Å². The van der Waals surface area contributed by atoms with Gasteiger partial charge in [-0.3, -0.25) is 0 Å². The number of alkyl halides is 6. The Kier molecular flexibility index (Phi) is 8.94. The highest BCUT2D eigenvalue weighted by molar-refractivity contribution is 8.13. The van der Waals surface area contributed by atoms with Crippen molar-refractivity contribution in [2.24, 2.45) is 5.73 Å². The van der Waals surface area contributed by atoms with Crippen LogP contribution in [0.1, 0.15) is 6.92 Å². The Morgan fingerprint density at radius 1 is 1.04 bits per heavy atom. The summed E-state index contributed by atoms with van der Waals surface area (Å²) in [5.41, 5.74) is -6.93. The second-order valence-corrected chi connectivity index (χ2v) is 7.04. The fourth-order valence-corrected chi connectivity index (χ4v) is 2.20. The molecule has 0 aromatic heterocycles. The molecule has 0 radical (unpaired) electrons. The van der Waals surface area contributed by atoms with Gasteiger partial charge in [-0.2, -0.15) is 26.3 Å². The molecule has 0 unspecified atom stereocenters. The lowest BCUT2D eigenvalue weighted by Crippen LogP contribution is -2.30. The van der Waals surface area contributed by atoms with Crippen LogP contribution in [0.15, 0.2) is 12.2 Å². The third-order valence-electron chi connectivity index (χ3n) is 1.48. The van der Waals surface area contributed by atoms with Crippen molar-refractivity contribution >= 4 is 26.0 Å². The number of carbonyl (C=O) groups is 1. The summed E-state index contributed by atoms with van der Waals surface area (Å²) < 4.78 is 114. The molecule has 2 N–H and O–H groups in total. The van der Waals surface area contributed by atoms with Gasteiger partial charge in [0, 0.05) is 12.1 Å². The van der Waals surface area contributed by atoms with Crippen LogP contribution in [-0.4, -0.2) is 47.0 Å². The largest absolute Gasteiger partial charge is 0.480 e. The van der Waals surface area contributed by atoms with Crippen molar-refractivity contribution < 1.29 is 52.7 Å². The highest BCUT2D eigenvalue weighted by atomic mass is 32.3. The predicted octanol–water partition coefficient (Wildman–Crippen LogP) is 1.12. The first-order chi connectivity index (χ1) is 10.4. The molecule has 0 atom stereocenters. The smallest absolute Gasteiger partial charge is 0.461 e. The molecule has 0 aromatic carbocycles. The van der Waals surface area contributed by atoms with Crippen LogP contribution in [0.2, 0.25) is 0 Å². The monoisotopic (exact) mass is 409 g/mol. The minimum absolute atomic E-state index is 0.270. The Morgan fingerprint density at radius 3 is 1.58 bits per heavy atom. The number of hydrogen-bond donors (Lipinski definition) is 1. The molecule has 0 bridgehead atoms. The number of halogens is 6. The van der Waals surface area contributed by atoms with Crippen LogP contribution in [0.25, 0.3) is 4.13 Å². The summed E-state index contributed by atoms with van der Waals surface area (Å²) in [6.45, 7) is 5.62. The molecule has 8 nitrogen and oxygen atoms in total. The minimum Gasteiger partial charge on any atom is -0.461 e. The van der Waals surface area contributed by atoms with Gasteiger partial charge in [-0.25, -0.2) is 21.6 Å². The lowest BCUT2D eigenvalue weighted by Gasteiger charge is -2.22. The molecule has 0 aromatic rings. The van der Waals surface area contributed by atoms with Crippen LogP contribution in [0.4, 0.5) is 26.3 Å². The maximum Gasteiger partial charge on any atom is 0.480 e. The van der Waals surface area contributed by atoms with Crippen LogP contribution in [-0.2, 0) is 29.6 Å². The van der Waals surface area contributed by atoms with Gasteiger partial charge in [0.25, 0.3) is 0 Å². The summed E-state index contributed by atoms with van der Waals surface area (Å²) in [4.78, 5) is 10.5. The molecule has 0 aliphatic rings. The van der Waals surface area contributed by atoms with E-state index >= 15 is 0 Å². The second kappa shape index (κ2) is 8.63. The van der Waals surface area contributed by atoms with Crippen molar-refractivity contribution in [3.05, 3.63) is 16.3 Å². The van der Waals surface area contributed by atoms with Crippen molar-refractivity contribution in [1.29, 1.82) is 0 Å². The molecule has 0 amide bonds. The van der Waals surface area contributed by atoms with Crippen LogP contribution in [0.3, 0.4) is 0 Å². The standard InChI is InChI=1S/C6H11NO2.C2F6NO4S2/c1-5(2)6(8)9-4-3-7;3-1(4,5)14(10,11)9-15(12,13)2(6,7)8/h1,3-4,7H2,2H3;/q;-1. The molecule has 0 aliphatic carbocycles. The Morgan fingerprint density at radius 2 is 1.38 bits per heavy atom. The number of hydrogen-bond acceptors (Lipinski definition) is 7. The van der Waals surface area contributed by atoms with Gasteiger partial charge in [0.2, 0.25) is 0 Å². The van der Waals surface area contributed by atoms with E-state index in [1.54, 1.807) is 6.92 Å². The van der Waals surface area contributed by atoms with E-state index in [0.29, 0.717) is 12.1 Å². The normalized spacial score (nSPS) is 12.8. The van der Waals surface area contributed by atoms with Gasteiger partial charge in [0.1, 0.15) is 6.61 Å². The van der Waals surface area contributed by atoms with Gasteiger partial charge in [-0.1, -0.05) is 6.58 Å². The summed E-state index contributed by atoms with van der Waals surface area (Å²) >= 11 is 0. The molecular formula is C8H11F6N2O6S2-.